The number of carboxylic acids is 1. The minimum atomic E-state index is -1.23. The van der Waals surface area contributed by atoms with E-state index in [0.29, 0.717) is 17.9 Å². The summed E-state index contributed by atoms with van der Waals surface area (Å²) in [5.74, 6) is -2.90. The molecule has 0 aliphatic carbocycles. The Hall–Kier alpha value is -2.64. The lowest BCUT2D eigenvalue weighted by Crippen LogP contribution is -2.59. The van der Waals surface area contributed by atoms with Crippen LogP contribution >= 0.6 is 11.8 Å². The SMILES string of the molecule is CCC(C)C(NC(=O)C(N)CO)C(=O)NC(CCSC)C(=O)NC(Cc1cnc[nH]1)C(=O)O. The van der Waals surface area contributed by atoms with Gasteiger partial charge in [-0.3, -0.25) is 14.4 Å². The molecule has 0 saturated heterocycles. The van der Waals surface area contributed by atoms with Crippen LogP contribution in [0.5, 0.6) is 0 Å². The smallest absolute Gasteiger partial charge is 0.326 e. The van der Waals surface area contributed by atoms with Gasteiger partial charge in [-0.1, -0.05) is 20.3 Å². The molecule has 0 saturated carbocycles. The van der Waals surface area contributed by atoms with E-state index in [-0.39, 0.29) is 18.8 Å². The highest BCUT2D eigenvalue weighted by Gasteiger charge is 2.32. The summed E-state index contributed by atoms with van der Waals surface area (Å²) in [5, 5.41) is 26.2. The number of hydrogen-bond acceptors (Lipinski definition) is 8. The summed E-state index contributed by atoms with van der Waals surface area (Å²) in [5.41, 5.74) is 6.07. The molecule has 0 aliphatic heterocycles. The average Bonchev–Trinajstić information content (AvgIpc) is 3.31. The van der Waals surface area contributed by atoms with Gasteiger partial charge < -0.3 is 36.9 Å². The van der Waals surface area contributed by atoms with Crippen LogP contribution in [0.15, 0.2) is 12.5 Å². The number of aliphatic hydroxyl groups is 1. The fourth-order valence-electron chi connectivity index (χ4n) is 2.90. The van der Waals surface area contributed by atoms with Crippen LogP contribution in [0.2, 0.25) is 0 Å². The van der Waals surface area contributed by atoms with Gasteiger partial charge in [-0.2, -0.15) is 11.8 Å². The van der Waals surface area contributed by atoms with E-state index in [0.717, 1.165) is 0 Å². The van der Waals surface area contributed by atoms with Gasteiger partial charge in [0.2, 0.25) is 17.7 Å². The molecule has 0 fully saturated rings. The van der Waals surface area contributed by atoms with Crippen LogP contribution in [0.4, 0.5) is 0 Å². The van der Waals surface area contributed by atoms with Crippen LogP contribution in [0.3, 0.4) is 0 Å². The van der Waals surface area contributed by atoms with E-state index in [1.165, 1.54) is 24.3 Å². The van der Waals surface area contributed by atoms with Gasteiger partial charge in [0.25, 0.3) is 0 Å². The topological polar surface area (TPSA) is 200 Å². The van der Waals surface area contributed by atoms with E-state index < -0.39 is 54.5 Å². The lowest BCUT2D eigenvalue weighted by atomic mass is 9.97. The fraction of sp³-hybridized carbons (Fsp3) is 0.650. The summed E-state index contributed by atoms with van der Waals surface area (Å²) in [6.45, 7) is 3.02. The predicted molar refractivity (Wildman–Crippen MR) is 123 cm³/mol. The number of carboxylic acid groups (broad SMARTS) is 1. The number of aromatic nitrogens is 2. The van der Waals surface area contributed by atoms with Gasteiger partial charge in [-0.25, -0.2) is 9.78 Å². The molecule has 1 aromatic rings. The van der Waals surface area contributed by atoms with Gasteiger partial charge in [0.1, 0.15) is 24.2 Å². The van der Waals surface area contributed by atoms with Gasteiger partial charge in [0.15, 0.2) is 0 Å². The first kappa shape index (κ1) is 28.4. The fourth-order valence-corrected chi connectivity index (χ4v) is 3.37. The molecular weight excluding hydrogens is 452 g/mol. The van der Waals surface area contributed by atoms with Gasteiger partial charge in [-0.15, -0.1) is 0 Å². The van der Waals surface area contributed by atoms with Crippen molar-refractivity contribution < 1.29 is 29.4 Å². The van der Waals surface area contributed by atoms with Crippen molar-refractivity contribution in [3.05, 3.63) is 18.2 Å². The van der Waals surface area contributed by atoms with E-state index >= 15 is 0 Å². The molecule has 1 rings (SSSR count). The number of H-pyrrole nitrogens is 1. The molecule has 0 aromatic carbocycles. The van der Waals surface area contributed by atoms with Gasteiger partial charge >= 0.3 is 5.97 Å². The van der Waals surface area contributed by atoms with E-state index in [1.54, 1.807) is 6.92 Å². The zero-order valence-corrected chi connectivity index (χ0v) is 19.9. The molecule has 0 bridgehead atoms. The predicted octanol–water partition coefficient (Wildman–Crippen LogP) is -1.39. The summed E-state index contributed by atoms with van der Waals surface area (Å²) < 4.78 is 0. The molecule has 13 heteroatoms. The van der Waals surface area contributed by atoms with Crippen molar-refractivity contribution >= 4 is 35.5 Å². The Balaban J connectivity index is 2.96. The molecule has 0 aliphatic rings. The minimum Gasteiger partial charge on any atom is -0.480 e. The number of imidazole rings is 1. The first-order valence-electron chi connectivity index (χ1n) is 10.6. The Morgan fingerprint density at radius 3 is 2.33 bits per heavy atom. The first-order chi connectivity index (χ1) is 15.6. The summed E-state index contributed by atoms with van der Waals surface area (Å²) >= 11 is 1.47. The van der Waals surface area contributed by atoms with Crippen molar-refractivity contribution in [2.45, 2.75) is 57.3 Å². The number of nitrogens with two attached hydrogens (primary N) is 1. The number of rotatable bonds is 15. The number of aliphatic carboxylic acids is 1. The third-order valence-corrected chi connectivity index (χ3v) is 5.81. The monoisotopic (exact) mass is 486 g/mol. The molecular formula is C20H34N6O6S. The Morgan fingerprint density at radius 2 is 1.82 bits per heavy atom. The third kappa shape index (κ3) is 9.40. The highest BCUT2D eigenvalue weighted by molar-refractivity contribution is 7.98. The first-order valence-corrected chi connectivity index (χ1v) is 12.0. The number of aromatic amines is 1. The minimum absolute atomic E-state index is 0.00509. The van der Waals surface area contributed by atoms with Crippen molar-refractivity contribution in [2.75, 3.05) is 18.6 Å². The Kier molecular flexibility index (Phi) is 12.5. The summed E-state index contributed by atoms with van der Waals surface area (Å²) in [4.78, 5) is 56.3. The molecule has 12 nitrogen and oxygen atoms in total. The van der Waals surface area contributed by atoms with Crippen molar-refractivity contribution in [3.8, 4) is 0 Å². The molecule has 186 valence electrons. The highest BCUT2D eigenvalue weighted by Crippen LogP contribution is 2.10. The Morgan fingerprint density at radius 1 is 1.15 bits per heavy atom. The van der Waals surface area contributed by atoms with E-state index in [9.17, 15) is 24.3 Å². The number of carbonyl (C=O) groups is 4. The maximum atomic E-state index is 13.0. The summed E-state index contributed by atoms with van der Waals surface area (Å²) in [6.07, 6.45) is 5.52. The Bertz CT molecular complexity index is 777. The van der Waals surface area contributed by atoms with Crippen LogP contribution in [-0.2, 0) is 25.6 Å². The van der Waals surface area contributed by atoms with Crippen molar-refractivity contribution in [3.63, 3.8) is 0 Å². The van der Waals surface area contributed by atoms with Gasteiger partial charge in [0, 0.05) is 18.3 Å². The number of amides is 3. The normalized spacial score (nSPS) is 15.5. The van der Waals surface area contributed by atoms with Crippen LogP contribution < -0.4 is 21.7 Å². The molecule has 8 N–H and O–H groups in total. The van der Waals surface area contributed by atoms with Crippen LogP contribution in [0.1, 0.15) is 32.4 Å². The van der Waals surface area contributed by atoms with Crippen molar-refractivity contribution in [1.29, 1.82) is 0 Å². The lowest BCUT2D eigenvalue weighted by molar-refractivity contribution is -0.142. The average molecular weight is 487 g/mol. The second-order valence-electron chi connectivity index (χ2n) is 7.68. The van der Waals surface area contributed by atoms with E-state index in [1.807, 2.05) is 13.2 Å². The molecule has 1 heterocycles. The molecule has 3 amide bonds. The third-order valence-electron chi connectivity index (χ3n) is 5.16. The molecule has 33 heavy (non-hydrogen) atoms. The van der Waals surface area contributed by atoms with Crippen LogP contribution in [-0.4, -0.2) is 86.7 Å². The van der Waals surface area contributed by atoms with Gasteiger partial charge in [-0.05, 0) is 24.3 Å². The lowest BCUT2D eigenvalue weighted by Gasteiger charge is -2.27. The summed E-state index contributed by atoms with van der Waals surface area (Å²) in [6, 6.07) is -4.40. The molecule has 0 spiro atoms. The number of nitrogens with zero attached hydrogens (tertiary/aromatic N) is 1. The maximum absolute atomic E-state index is 13.0. The van der Waals surface area contributed by atoms with E-state index in [4.69, 9.17) is 10.8 Å². The second-order valence-corrected chi connectivity index (χ2v) is 8.67. The Labute approximate surface area is 196 Å². The van der Waals surface area contributed by atoms with Crippen LogP contribution in [0, 0.1) is 5.92 Å². The van der Waals surface area contributed by atoms with Crippen molar-refractivity contribution in [2.24, 2.45) is 11.7 Å². The number of thioether (sulfide) groups is 1. The number of nitrogens with one attached hydrogen (secondary N) is 4. The van der Waals surface area contributed by atoms with Gasteiger partial charge in [0.05, 0.1) is 12.9 Å². The highest BCUT2D eigenvalue weighted by atomic mass is 32.2. The molecule has 1 aromatic heterocycles. The molecule has 5 unspecified atom stereocenters. The zero-order valence-electron chi connectivity index (χ0n) is 19.0. The number of hydrogen-bond donors (Lipinski definition) is 7. The summed E-state index contributed by atoms with van der Waals surface area (Å²) in [7, 11) is 0. The molecule has 5 atom stereocenters. The van der Waals surface area contributed by atoms with E-state index in [2.05, 4.69) is 25.9 Å². The number of carbonyl (C=O) groups excluding carboxylic acids is 3. The quantitative estimate of drug-likeness (QED) is 0.156. The molecule has 0 radical (unpaired) electrons. The largest absolute Gasteiger partial charge is 0.480 e. The second kappa shape index (κ2) is 14.5. The standard InChI is InChI=1S/C20H34N6O6S/c1-4-11(2)16(26-17(28)13(21)9-27)19(30)24-14(5-6-33-3)18(29)25-15(20(31)32)7-12-8-22-10-23-12/h8,10-11,13-16,27H,4-7,9,21H2,1-3H3,(H,22,23)(H,24,30)(H,25,29)(H,26,28)(H,31,32). The maximum Gasteiger partial charge on any atom is 0.326 e. The van der Waals surface area contributed by atoms with Crippen LogP contribution in [0.25, 0.3) is 0 Å². The zero-order chi connectivity index (χ0) is 25.0. The number of aliphatic hydroxyl groups excluding tert-OH is 1. The van der Waals surface area contributed by atoms with Crippen molar-refractivity contribution in [1.82, 2.24) is 25.9 Å².